The molecule has 0 radical (unpaired) electrons. The monoisotopic (exact) mass is 277 g/mol. The molecule has 0 fully saturated rings. The molecule has 1 heterocycles. The lowest BCUT2D eigenvalue weighted by molar-refractivity contribution is 0.0924. The molecule has 0 unspecified atom stereocenters. The fraction of sp³-hybridized carbons (Fsp3) is 0.0556. The van der Waals surface area contributed by atoms with Gasteiger partial charge >= 0.3 is 0 Å². The highest BCUT2D eigenvalue weighted by molar-refractivity contribution is 5.92. The van der Waals surface area contributed by atoms with E-state index in [4.69, 9.17) is 4.42 Å². The molecule has 0 spiro atoms. The Morgan fingerprint density at radius 2 is 1.52 bits per heavy atom. The van der Waals surface area contributed by atoms with Gasteiger partial charge in [0, 0.05) is 12.1 Å². The Balaban J connectivity index is 1.67. The van der Waals surface area contributed by atoms with E-state index in [2.05, 4.69) is 5.32 Å². The second-order valence-electron chi connectivity index (χ2n) is 4.70. The SMILES string of the molecule is O=C(NCc1ccccc1)c1ccc(-c2ccccc2)o1. The quantitative estimate of drug-likeness (QED) is 0.786. The summed E-state index contributed by atoms with van der Waals surface area (Å²) < 4.78 is 5.61. The maximum atomic E-state index is 12.1. The molecule has 0 atom stereocenters. The Labute approximate surface area is 123 Å². The number of benzene rings is 2. The highest BCUT2D eigenvalue weighted by atomic mass is 16.3. The van der Waals surface area contributed by atoms with Crippen LogP contribution in [0.5, 0.6) is 0 Å². The smallest absolute Gasteiger partial charge is 0.287 e. The number of hydrogen-bond acceptors (Lipinski definition) is 2. The Bertz CT molecular complexity index is 717. The van der Waals surface area contributed by atoms with Crippen LogP contribution in [-0.2, 0) is 6.54 Å². The lowest BCUT2D eigenvalue weighted by Gasteiger charge is -2.03. The molecule has 1 N–H and O–H groups in total. The average molecular weight is 277 g/mol. The van der Waals surface area contributed by atoms with Crippen LogP contribution in [0.3, 0.4) is 0 Å². The van der Waals surface area contributed by atoms with Gasteiger partial charge in [-0.3, -0.25) is 4.79 Å². The lowest BCUT2D eigenvalue weighted by Crippen LogP contribution is -2.22. The molecule has 0 aliphatic heterocycles. The molecule has 2 aromatic carbocycles. The molecule has 0 saturated heterocycles. The van der Waals surface area contributed by atoms with E-state index in [0.717, 1.165) is 11.1 Å². The third-order valence-electron chi connectivity index (χ3n) is 3.18. The second kappa shape index (κ2) is 6.09. The molecule has 3 nitrogen and oxygen atoms in total. The largest absolute Gasteiger partial charge is 0.451 e. The molecule has 3 heteroatoms. The van der Waals surface area contributed by atoms with E-state index in [9.17, 15) is 4.79 Å². The Morgan fingerprint density at radius 1 is 0.857 bits per heavy atom. The fourth-order valence-corrected chi connectivity index (χ4v) is 2.08. The van der Waals surface area contributed by atoms with Crippen LogP contribution in [0, 0.1) is 0 Å². The van der Waals surface area contributed by atoms with Crippen LogP contribution in [-0.4, -0.2) is 5.91 Å². The van der Waals surface area contributed by atoms with E-state index in [1.807, 2.05) is 66.7 Å². The summed E-state index contributed by atoms with van der Waals surface area (Å²) >= 11 is 0. The van der Waals surface area contributed by atoms with Gasteiger partial charge in [0.25, 0.3) is 5.91 Å². The van der Waals surface area contributed by atoms with Crippen molar-refractivity contribution in [3.8, 4) is 11.3 Å². The first-order chi connectivity index (χ1) is 10.3. The molecule has 0 aliphatic rings. The summed E-state index contributed by atoms with van der Waals surface area (Å²) in [7, 11) is 0. The fourth-order valence-electron chi connectivity index (χ4n) is 2.08. The van der Waals surface area contributed by atoms with Crippen LogP contribution in [0.15, 0.2) is 77.2 Å². The molecular weight excluding hydrogens is 262 g/mol. The summed E-state index contributed by atoms with van der Waals surface area (Å²) in [5, 5.41) is 2.85. The van der Waals surface area contributed by atoms with Gasteiger partial charge in [-0.05, 0) is 17.7 Å². The molecular formula is C18H15NO2. The van der Waals surface area contributed by atoms with E-state index in [1.54, 1.807) is 6.07 Å². The number of amides is 1. The average Bonchev–Trinajstić information content (AvgIpc) is 3.04. The minimum Gasteiger partial charge on any atom is -0.451 e. The summed E-state index contributed by atoms with van der Waals surface area (Å²) in [6.45, 7) is 0.487. The lowest BCUT2D eigenvalue weighted by atomic mass is 10.2. The van der Waals surface area contributed by atoms with Crippen molar-refractivity contribution in [2.75, 3.05) is 0 Å². The summed E-state index contributed by atoms with van der Waals surface area (Å²) in [6.07, 6.45) is 0. The van der Waals surface area contributed by atoms with Crippen LogP contribution in [0.4, 0.5) is 0 Å². The molecule has 0 bridgehead atoms. The molecule has 21 heavy (non-hydrogen) atoms. The summed E-state index contributed by atoms with van der Waals surface area (Å²) in [6, 6.07) is 23.0. The van der Waals surface area contributed by atoms with E-state index >= 15 is 0 Å². The number of carbonyl (C=O) groups is 1. The van der Waals surface area contributed by atoms with Crippen molar-refractivity contribution in [3.63, 3.8) is 0 Å². The normalized spacial score (nSPS) is 10.3. The van der Waals surface area contributed by atoms with Gasteiger partial charge in [0.1, 0.15) is 5.76 Å². The van der Waals surface area contributed by atoms with Crippen molar-refractivity contribution < 1.29 is 9.21 Å². The zero-order valence-corrected chi connectivity index (χ0v) is 11.5. The summed E-state index contributed by atoms with van der Waals surface area (Å²) in [5.74, 6) is 0.811. The van der Waals surface area contributed by atoms with E-state index in [-0.39, 0.29) is 5.91 Å². The van der Waals surface area contributed by atoms with Crippen molar-refractivity contribution in [1.29, 1.82) is 0 Å². The number of nitrogens with one attached hydrogen (secondary N) is 1. The topological polar surface area (TPSA) is 42.2 Å². The van der Waals surface area contributed by atoms with Crippen LogP contribution in [0.25, 0.3) is 11.3 Å². The standard InChI is InChI=1S/C18H15NO2/c20-18(19-13-14-7-3-1-4-8-14)17-12-11-16(21-17)15-9-5-2-6-10-15/h1-12H,13H2,(H,19,20). The van der Waals surface area contributed by atoms with Gasteiger partial charge in [-0.25, -0.2) is 0 Å². The van der Waals surface area contributed by atoms with Crippen molar-refractivity contribution >= 4 is 5.91 Å². The van der Waals surface area contributed by atoms with E-state index in [1.165, 1.54) is 0 Å². The highest BCUT2D eigenvalue weighted by Crippen LogP contribution is 2.21. The number of furan rings is 1. The minimum atomic E-state index is -0.207. The molecule has 1 amide bonds. The zero-order valence-electron chi connectivity index (χ0n) is 11.5. The van der Waals surface area contributed by atoms with Gasteiger partial charge in [0.15, 0.2) is 5.76 Å². The highest BCUT2D eigenvalue weighted by Gasteiger charge is 2.11. The second-order valence-corrected chi connectivity index (χ2v) is 4.70. The van der Waals surface area contributed by atoms with Crippen molar-refractivity contribution in [3.05, 3.63) is 84.1 Å². The maximum absolute atomic E-state index is 12.1. The maximum Gasteiger partial charge on any atom is 0.287 e. The Kier molecular flexibility index (Phi) is 3.83. The van der Waals surface area contributed by atoms with Crippen LogP contribution in [0.1, 0.15) is 16.1 Å². The molecule has 3 rings (SSSR count). The molecule has 104 valence electrons. The first-order valence-electron chi connectivity index (χ1n) is 6.80. The van der Waals surface area contributed by atoms with Crippen molar-refractivity contribution in [1.82, 2.24) is 5.32 Å². The minimum absolute atomic E-state index is 0.207. The predicted molar refractivity (Wildman–Crippen MR) is 81.8 cm³/mol. The van der Waals surface area contributed by atoms with Crippen LogP contribution in [0.2, 0.25) is 0 Å². The van der Waals surface area contributed by atoms with Gasteiger partial charge in [-0.1, -0.05) is 60.7 Å². The summed E-state index contributed by atoms with van der Waals surface area (Å²) in [5.41, 5.74) is 2.01. The third kappa shape index (κ3) is 3.20. The van der Waals surface area contributed by atoms with Gasteiger partial charge in [0.2, 0.25) is 0 Å². The van der Waals surface area contributed by atoms with E-state index < -0.39 is 0 Å². The van der Waals surface area contributed by atoms with Crippen molar-refractivity contribution in [2.45, 2.75) is 6.54 Å². The Hall–Kier alpha value is -2.81. The summed E-state index contributed by atoms with van der Waals surface area (Å²) in [4.78, 5) is 12.1. The number of carbonyl (C=O) groups excluding carboxylic acids is 1. The molecule has 0 saturated carbocycles. The van der Waals surface area contributed by atoms with E-state index in [0.29, 0.717) is 18.1 Å². The van der Waals surface area contributed by atoms with Gasteiger partial charge < -0.3 is 9.73 Å². The van der Waals surface area contributed by atoms with Gasteiger partial charge in [0.05, 0.1) is 0 Å². The molecule has 0 aliphatic carbocycles. The van der Waals surface area contributed by atoms with Crippen LogP contribution >= 0.6 is 0 Å². The first-order valence-corrected chi connectivity index (χ1v) is 6.80. The first kappa shape index (κ1) is 13.2. The molecule has 3 aromatic rings. The number of rotatable bonds is 4. The van der Waals surface area contributed by atoms with Gasteiger partial charge in [-0.2, -0.15) is 0 Å². The molecule has 1 aromatic heterocycles. The zero-order chi connectivity index (χ0) is 14.5. The van der Waals surface area contributed by atoms with Crippen LogP contribution < -0.4 is 5.32 Å². The Morgan fingerprint density at radius 3 is 2.24 bits per heavy atom. The third-order valence-corrected chi connectivity index (χ3v) is 3.18. The number of hydrogen-bond donors (Lipinski definition) is 1. The van der Waals surface area contributed by atoms with Gasteiger partial charge in [-0.15, -0.1) is 0 Å². The van der Waals surface area contributed by atoms with Crippen molar-refractivity contribution in [2.24, 2.45) is 0 Å². The predicted octanol–water partition coefficient (Wildman–Crippen LogP) is 3.88.